The molecule has 110 valence electrons. The zero-order valence-electron chi connectivity index (χ0n) is 10.9. The van der Waals surface area contributed by atoms with Crippen molar-refractivity contribution in [1.29, 1.82) is 0 Å². The van der Waals surface area contributed by atoms with E-state index in [9.17, 15) is 13.2 Å². The first-order valence-electron chi connectivity index (χ1n) is 5.77. The molecule has 1 heterocycles. The second-order valence-electron chi connectivity index (χ2n) is 3.97. The van der Waals surface area contributed by atoms with Gasteiger partial charge in [0.05, 0.1) is 7.11 Å². The SMILES string of the molecule is COc1ccc(NC(=O)c2ccccn2)cc1S(=O)(=O)Cl. The fourth-order valence-corrected chi connectivity index (χ4v) is 2.66. The van der Waals surface area contributed by atoms with Gasteiger partial charge in [0.1, 0.15) is 16.3 Å². The van der Waals surface area contributed by atoms with Gasteiger partial charge in [0.2, 0.25) is 0 Å². The van der Waals surface area contributed by atoms with Crippen LogP contribution in [-0.4, -0.2) is 26.4 Å². The number of amides is 1. The van der Waals surface area contributed by atoms with Crippen molar-refractivity contribution in [3.63, 3.8) is 0 Å². The van der Waals surface area contributed by atoms with Gasteiger partial charge in [0.15, 0.2) is 0 Å². The Morgan fingerprint density at radius 3 is 2.62 bits per heavy atom. The average molecular weight is 327 g/mol. The van der Waals surface area contributed by atoms with Crippen molar-refractivity contribution < 1.29 is 17.9 Å². The van der Waals surface area contributed by atoms with Gasteiger partial charge in [-0.15, -0.1) is 0 Å². The third-order valence-corrected chi connectivity index (χ3v) is 3.92. The standard InChI is InChI=1S/C13H11ClN2O4S/c1-20-11-6-5-9(8-12(11)21(14,18)19)16-13(17)10-4-2-3-7-15-10/h2-8H,1H3,(H,16,17). The van der Waals surface area contributed by atoms with E-state index in [4.69, 9.17) is 15.4 Å². The van der Waals surface area contributed by atoms with E-state index >= 15 is 0 Å². The first kappa shape index (κ1) is 15.3. The summed E-state index contributed by atoms with van der Waals surface area (Å²) < 4.78 is 27.9. The van der Waals surface area contributed by atoms with Crippen molar-refractivity contribution in [1.82, 2.24) is 4.98 Å². The Morgan fingerprint density at radius 2 is 2.05 bits per heavy atom. The number of halogens is 1. The lowest BCUT2D eigenvalue weighted by Crippen LogP contribution is -2.13. The van der Waals surface area contributed by atoms with Crippen LogP contribution in [0.15, 0.2) is 47.5 Å². The summed E-state index contributed by atoms with van der Waals surface area (Å²) in [6, 6.07) is 9.03. The monoisotopic (exact) mass is 326 g/mol. The molecule has 6 nitrogen and oxygen atoms in total. The molecule has 0 bridgehead atoms. The van der Waals surface area contributed by atoms with Crippen LogP contribution in [-0.2, 0) is 9.05 Å². The lowest BCUT2D eigenvalue weighted by Gasteiger charge is -2.09. The zero-order chi connectivity index (χ0) is 15.5. The molecule has 0 radical (unpaired) electrons. The van der Waals surface area contributed by atoms with Crippen molar-refractivity contribution in [3.8, 4) is 5.75 Å². The molecule has 1 aromatic heterocycles. The smallest absolute Gasteiger partial charge is 0.274 e. The van der Waals surface area contributed by atoms with Crippen LogP contribution >= 0.6 is 10.7 Å². The van der Waals surface area contributed by atoms with Crippen molar-refractivity contribution >= 4 is 31.3 Å². The number of hydrogen-bond donors (Lipinski definition) is 1. The fraction of sp³-hybridized carbons (Fsp3) is 0.0769. The first-order valence-corrected chi connectivity index (χ1v) is 8.08. The number of carbonyl (C=O) groups excluding carboxylic acids is 1. The minimum Gasteiger partial charge on any atom is -0.495 e. The highest BCUT2D eigenvalue weighted by molar-refractivity contribution is 8.13. The second-order valence-corrected chi connectivity index (χ2v) is 6.51. The number of rotatable bonds is 4. The number of ether oxygens (including phenoxy) is 1. The number of aromatic nitrogens is 1. The van der Waals surface area contributed by atoms with Gasteiger partial charge in [0.25, 0.3) is 15.0 Å². The van der Waals surface area contributed by atoms with E-state index < -0.39 is 15.0 Å². The van der Waals surface area contributed by atoms with Gasteiger partial charge in [-0.3, -0.25) is 9.78 Å². The molecule has 1 amide bonds. The Kier molecular flexibility index (Phi) is 4.44. The lowest BCUT2D eigenvalue weighted by molar-refractivity contribution is 0.102. The summed E-state index contributed by atoms with van der Waals surface area (Å²) in [7, 11) is 2.67. The van der Waals surface area contributed by atoms with E-state index in [-0.39, 0.29) is 22.0 Å². The molecule has 0 aliphatic heterocycles. The highest BCUT2D eigenvalue weighted by atomic mass is 35.7. The Bertz CT molecular complexity index is 763. The second kappa shape index (κ2) is 6.11. The highest BCUT2D eigenvalue weighted by Gasteiger charge is 2.18. The van der Waals surface area contributed by atoms with Gasteiger partial charge in [-0.25, -0.2) is 8.42 Å². The van der Waals surface area contributed by atoms with Gasteiger partial charge in [-0.1, -0.05) is 6.07 Å². The lowest BCUT2D eigenvalue weighted by atomic mass is 10.2. The summed E-state index contributed by atoms with van der Waals surface area (Å²) in [6.45, 7) is 0. The third-order valence-electron chi connectivity index (χ3n) is 2.58. The number of benzene rings is 1. The third kappa shape index (κ3) is 3.71. The first-order chi connectivity index (χ1) is 9.91. The van der Waals surface area contributed by atoms with Crippen molar-refractivity contribution in [2.24, 2.45) is 0 Å². The van der Waals surface area contributed by atoms with Crippen LogP contribution in [0.5, 0.6) is 5.75 Å². The molecule has 1 N–H and O–H groups in total. The highest BCUT2D eigenvalue weighted by Crippen LogP contribution is 2.29. The van der Waals surface area contributed by atoms with Crippen LogP contribution < -0.4 is 10.1 Å². The van der Waals surface area contributed by atoms with Crippen LogP contribution in [0.3, 0.4) is 0 Å². The zero-order valence-corrected chi connectivity index (χ0v) is 12.5. The van der Waals surface area contributed by atoms with Crippen LogP contribution in [0.25, 0.3) is 0 Å². The largest absolute Gasteiger partial charge is 0.495 e. The number of pyridine rings is 1. The Morgan fingerprint density at radius 1 is 1.29 bits per heavy atom. The fourth-order valence-electron chi connectivity index (χ4n) is 1.64. The topological polar surface area (TPSA) is 85.4 Å². The number of hydrogen-bond acceptors (Lipinski definition) is 5. The molecule has 0 fully saturated rings. The normalized spacial score (nSPS) is 11.0. The minimum atomic E-state index is -3.99. The van der Waals surface area contributed by atoms with Gasteiger partial charge in [0, 0.05) is 22.6 Å². The minimum absolute atomic E-state index is 0.0980. The molecule has 8 heteroatoms. The molecule has 0 aliphatic carbocycles. The number of carbonyl (C=O) groups is 1. The summed E-state index contributed by atoms with van der Waals surface area (Å²) in [5.74, 6) is -0.362. The Hall–Kier alpha value is -2.12. The number of nitrogens with zero attached hydrogens (tertiary/aromatic N) is 1. The van der Waals surface area contributed by atoms with Crippen molar-refractivity contribution in [2.45, 2.75) is 4.90 Å². The summed E-state index contributed by atoms with van der Waals surface area (Å²) in [5, 5.41) is 2.54. The van der Waals surface area contributed by atoms with Crippen molar-refractivity contribution in [2.75, 3.05) is 12.4 Å². The molecule has 0 unspecified atom stereocenters. The van der Waals surface area contributed by atoms with E-state index in [2.05, 4.69) is 10.3 Å². The summed E-state index contributed by atoms with van der Waals surface area (Å²) in [5.41, 5.74) is 0.481. The predicted molar refractivity (Wildman–Crippen MR) is 78.2 cm³/mol. The van der Waals surface area contributed by atoms with Gasteiger partial charge >= 0.3 is 0 Å². The molecular formula is C13H11ClN2O4S. The average Bonchev–Trinajstić information content (AvgIpc) is 2.47. The molecule has 21 heavy (non-hydrogen) atoms. The maximum Gasteiger partial charge on any atom is 0.274 e. The summed E-state index contributed by atoms with van der Waals surface area (Å²) in [6.07, 6.45) is 1.48. The number of methoxy groups -OCH3 is 1. The van der Waals surface area contributed by atoms with Gasteiger partial charge in [-0.2, -0.15) is 0 Å². The quantitative estimate of drug-likeness (QED) is 0.871. The molecular weight excluding hydrogens is 316 g/mol. The van der Waals surface area contributed by atoms with Crippen LogP contribution in [0.2, 0.25) is 0 Å². The molecule has 0 saturated heterocycles. The van der Waals surface area contributed by atoms with Gasteiger partial charge < -0.3 is 10.1 Å². The molecule has 0 aliphatic rings. The maximum absolute atomic E-state index is 11.9. The summed E-state index contributed by atoms with van der Waals surface area (Å²) >= 11 is 0. The molecule has 1 aromatic carbocycles. The Balaban J connectivity index is 2.32. The van der Waals surface area contributed by atoms with E-state index in [0.29, 0.717) is 0 Å². The Labute approximate surface area is 126 Å². The number of nitrogens with one attached hydrogen (secondary N) is 1. The van der Waals surface area contributed by atoms with Crippen molar-refractivity contribution in [3.05, 3.63) is 48.3 Å². The van der Waals surface area contributed by atoms with E-state index in [1.54, 1.807) is 12.1 Å². The number of anilines is 1. The van der Waals surface area contributed by atoms with Crippen LogP contribution in [0.1, 0.15) is 10.5 Å². The maximum atomic E-state index is 11.9. The molecule has 0 saturated carbocycles. The molecule has 2 aromatic rings. The summed E-state index contributed by atoms with van der Waals surface area (Å²) in [4.78, 5) is 15.6. The van der Waals surface area contributed by atoms with Crippen LogP contribution in [0.4, 0.5) is 5.69 Å². The molecule has 0 spiro atoms. The van der Waals surface area contributed by atoms with E-state index in [1.165, 1.54) is 37.6 Å². The van der Waals surface area contributed by atoms with E-state index in [0.717, 1.165) is 0 Å². The van der Waals surface area contributed by atoms with E-state index in [1.807, 2.05) is 0 Å². The predicted octanol–water partition coefficient (Wildman–Crippen LogP) is 2.27. The van der Waals surface area contributed by atoms with Gasteiger partial charge in [-0.05, 0) is 30.3 Å². The molecule has 0 atom stereocenters. The molecule has 2 rings (SSSR count). The van der Waals surface area contributed by atoms with Crippen LogP contribution in [0, 0.1) is 0 Å².